The zero-order valence-corrected chi connectivity index (χ0v) is 10.4. The van der Waals surface area contributed by atoms with Crippen molar-refractivity contribution in [2.24, 2.45) is 0 Å². The molecule has 0 fully saturated rings. The van der Waals surface area contributed by atoms with Gasteiger partial charge in [-0.05, 0) is 13.0 Å². The second-order valence-electron chi connectivity index (χ2n) is 3.58. The number of ether oxygens (including phenoxy) is 1. The van der Waals surface area contributed by atoms with Gasteiger partial charge in [-0.2, -0.15) is 0 Å². The third-order valence-corrected chi connectivity index (χ3v) is 3.10. The summed E-state index contributed by atoms with van der Waals surface area (Å²) in [6.45, 7) is 1.94. The van der Waals surface area contributed by atoms with Gasteiger partial charge in [-0.3, -0.25) is 0 Å². The van der Waals surface area contributed by atoms with E-state index in [9.17, 15) is 5.11 Å². The summed E-state index contributed by atoms with van der Waals surface area (Å²) in [5, 5.41) is 20.6. The van der Waals surface area contributed by atoms with Gasteiger partial charge in [0.05, 0.1) is 23.5 Å². The van der Waals surface area contributed by atoms with Crippen LogP contribution in [-0.2, 0) is 6.42 Å². The molecule has 0 amide bonds. The van der Waals surface area contributed by atoms with Crippen LogP contribution in [0.25, 0.3) is 0 Å². The first kappa shape index (κ1) is 11.9. The normalized spacial score (nSPS) is 12.4. The van der Waals surface area contributed by atoms with Gasteiger partial charge in [-0.1, -0.05) is 0 Å². The molecule has 2 heterocycles. The van der Waals surface area contributed by atoms with Gasteiger partial charge in [0.2, 0.25) is 5.88 Å². The second kappa shape index (κ2) is 5.20. The zero-order valence-electron chi connectivity index (χ0n) is 9.62. The maximum Gasteiger partial charge on any atom is 0.233 e. The van der Waals surface area contributed by atoms with E-state index in [2.05, 4.69) is 15.2 Å². The Balaban J connectivity index is 2.06. The highest BCUT2D eigenvalue weighted by Crippen LogP contribution is 2.18. The highest BCUT2D eigenvalue weighted by molar-refractivity contribution is 7.09. The third kappa shape index (κ3) is 2.98. The number of hydrogen-bond donors (Lipinski definition) is 1. The van der Waals surface area contributed by atoms with Gasteiger partial charge in [-0.25, -0.2) is 4.98 Å². The van der Waals surface area contributed by atoms with Crippen molar-refractivity contribution in [2.75, 3.05) is 7.11 Å². The van der Waals surface area contributed by atoms with Gasteiger partial charge in [0.1, 0.15) is 6.10 Å². The van der Waals surface area contributed by atoms with Crippen LogP contribution >= 0.6 is 11.3 Å². The highest BCUT2D eigenvalue weighted by Gasteiger charge is 2.12. The third-order valence-electron chi connectivity index (χ3n) is 2.28. The van der Waals surface area contributed by atoms with Crippen molar-refractivity contribution in [2.45, 2.75) is 19.4 Å². The lowest BCUT2D eigenvalue weighted by molar-refractivity contribution is 0.171. The highest BCUT2D eigenvalue weighted by atomic mass is 32.1. The lowest BCUT2D eigenvalue weighted by Crippen LogP contribution is -2.06. The standard InChI is InChI=1S/C11H13N3O2S/c1-7-12-8(6-17-7)5-10(15)9-3-4-11(16-2)14-13-9/h3-4,6,10,15H,5H2,1-2H3. The second-order valence-corrected chi connectivity index (χ2v) is 4.64. The van der Waals surface area contributed by atoms with Crippen LogP contribution in [-0.4, -0.2) is 27.4 Å². The number of aryl methyl sites for hydroxylation is 1. The van der Waals surface area contributed by atoms with E-state index < -0.39 is 6.10 Å². The molecule has 2 rings (SSSR count). The van der Waals surface area contributed by atoms with Gasteiger partial charge in [0.15, 0.2) is 0 Å². The summed E-state index contributed by atoms with van der Waals surface area (Å²) in [4.78, 5) is 4.30. The lowest BCUT2D eigenvalue weighted by atomic mass is 10.1. The van der Waals surface area contributed by atoms with Crippen LogP contribution in [0.5, 0.6) is 5.88 Å². The predicted molar refractivity (Wildman–Crippen MR) is 64.1 cm³/mol. The van der Waals surface area contributed by atoms with Crippen molar-refractivity contribution >= 4 is 11.3 Å². The van der Waals surface area contributed by atoms with Crippen molar-refractivity contribution in [3.05, 3.63) is 33.9 Å². The number of aliphatic hydroxyl groups is 1. The first-order valence-corrected chi connectivity index (χ1v) is 6.03. The summed E-state index contributed by atoms with van der Waals surface area (Å²) in [7, 11) is 1.53. The fourth-order valence-corrected chi connectivity index (χ4v) is 2.05. The van der Waals surface area contributed by atoms with E-state index in [0.717, 1.165) is 10.7 Å². The fraction of sp³-hybridized carbons (Fsp3) is 0.364. The summed E-state index contributed by atoms with van der Waals surface area (Å²) < 4.78 is 4.90. The molecule has 0 saturated heterocycles. The average Bonchev–Trinajstić information content (AvgIpc) is 2.75. The molecule has 0 saturated carbocycles. The summed E-state index contributed by atoms with van der Waals surface area (Å²) in [5.41, 5.74) is 1.40. The van der Waals surface area contributed by atoms with Crippen molar-refractivity contribution in [1.82, 2.24) is 15.2 Å². The number of aliphatic hydroxyl groups excluding tert-OH is 1. The van der Waals surface area contributed by atoms with Crippen LogP contribution in [0.2, 0.25) is 0 Å². The molecule has 6 heteroatoms. The summed E-state index contributed by atoms with van der Waals surface area (Å²) in [6.07, 6.45) is -0.236. The smallest absolute Gasteiger partial charge is 0.233 e. The Bertz CT molecular complexity index is 484. The number of thiazole rings is 1. The van der Waals surface area contributed by atoms with E-state index in [0.29, 0.717) is 18.0 Å². The van der Waals surface area contributed by atoms with Crippen molar-refractivity contribution in [1.29, 1.82) is 0 Å². The van der Waals surface area contributed by atoms with E-state index in [1.54, 1.807) is 23.5 Å². The molecule has 90 valence electrons. The SMILES string of the molecule is COc1ccc(C(O)Cc2csc(C)n2)nn1. The first-order valence-electron chi connectivity index (χ1n) is 5.15. The topological polar surface area (TPSA) is 68.1 Å². The van der Waals surface area contributed by atoms with Crippen LogP contribution in [0.15, 0.2) is 17.5 Å². The van der Waals surface area contributed by atoms with E-state index in [4.69, 9.17) is 4.74 Å². The van der Waals surface area contributed by atoms with Crippen LogP contribution in [0.4, 0.5) is 0 Å². The number of hydrogen-bond acceptors (Lipinski definition) is 6. The van der Waals surface area contributed by atoms with Crippen LogP contribution in [0.3, 0.4) is 0 Å². The van der Waals surface area contributed by atoms with E-state index in [1.807, 2.05) is 12.3 Å². The van der Waals surface area contributed by atoms with Crippen LogP contribution in [0, 0.1) is 6.92 Å². The van der Waals surface area contributed by atoms with Crippen molar-refractivity contribution in [3.8, 4) is 5.88 Å². The van der Waals surface area contributed by atoms with Crippen molar-refractivity contribution in [3.63, 3.8) is 0 Å². The minimum atomic E-state index is -0.685. The molecule has 17 heavy (non-hydrogen) atoms. The van der Waals surface area contributed by atoms with E-state index >= 15 is 0 Å². The molecule has 0 aliphatic carbocycles. The molecule has 1 atom stereocenters. The summed E-state index contributed by atoms with van der Waals surface area (Å²) in [6, 6.07) is 3.38. The van der Waals surface area contributed by atoms with Crippen LogP contribution < -0.4 is 4.74 Å². The molecular formula is C11H13N3O2S. The molecule has 0 radical (unpaired) electrons. The first-order chi connectivity index (χ1) is 8.19. The molecular weight excluding hydrogens is 238 g/mol. The number of aromatic nitrogens is 3. The molecule has 1 N–H and O–H groups in total. The number of methoxy groups -OCH3 is 1. The minimum Gasteiger partial charge on any atom is -0.480 e. The molecule has 1 unspecified atom stereocenters. The Labute approximate surface area is 103 Å². The molecule has 2 aromatic rings. The Kier molecular flexibility index (Phi) is 3.65. The molecule has 0 aromatic carbocycles. The maximum atomic E-state index is 9.97. The quantitative estimate of drug-likeness (QED) is 0.892. The van der Waals surface area contributed by atoms with Gasteiger partial charge < -0.3 is 9.84 Å². The zero-order chi connectivity index (χ0) is 12.3. The van der Waals surface area contributed by atoms with Gasteiger partial charge in [0, 0.05) is 17.9 Å². The number of nitrogens with zero attached hydrogens (tertiary/aromatic N) is 3. The molecule has 0 aliphatic heterocycles. The lowest BCUT2D eigenvalue weighted by Gasteiger charge is -2.07. The fourth-order valence-electron chi connectivity index (χ4n) is 1.42. The molecule has 2 aromatic heterocycles. The number of rotatable bonds is 4. The largest absolute Gasteiger partial charge is 0.480 e. The Morgan fingerprint density at radius 2 is 2.24 bits per heavy atom. The minimum absolute atomic E-state index is 0.436. The Morgan fingerprint density at radius 3 is 2.76 bits per heavy atom. The summed E-state index contributed by atoms with van der Waals surface area (Å²) in [5.74, 6) is 0.436. The van der Waals surface area contributed by atoms with Gasteiger partial charge >= 0.3 is 0 Å². The average molecular weight is 251 g/mol. The maximum absolute atomic E-state index is 9.97. The summed E-state index contributed by atoms with van der Waals surface area (Å²) >= 11 is 1.57. The van der Waals surface area contributed by atoms with E-state index in [1.165, 1.54) is 7.11 Å². The van der Waals surface area contributed by atoms with E-state index in [-0.39, 0.29) is 0 Å². The Morgan fingerprint density at radius 1 is 1.41 bits per heavy atom. The Hall–Kier alpha value is -1.53. The van der Waals surface area contributed by atoms with Crippen molar-refractivity contribution < 1.29 is 9.84 Å². The van der Waals surface area contributed by atoms with Crippen LogP contribution in [0.1, 0.15) is 22.5 Å². The van der Waals surface area contributed by atoms with Gasteiger partial charge in [-0.15, -0.1) is 21.5 Å². The molecule has 5 nitrogen and oxygen atoms in total. The monoisotopic (exact) mass is 251 g/mol. The van der Waals surface area contributed by atoms with Gasteiger partial charge in [0.25, 0.3) is 0 Å². The predicted octanol–water partition coefficient (Wildman–Crippen LogP) is 1.53. The molecule has 0 bridgehead atoms. The molecule has 0 spiro atoms. The molecule has 0 aliphatic rings.